The molecule has 1 aliphatic heterocycles. The second-order valence-electron chi connectivity index (χ2n) is 2.25. The van der Waals surface area contributed by atoms with Crippen LogP contribution < -0.4 is 0 Å². The first-order chi connectivity index (χ1) is 4.52. The van der Waals surface area contributed by atoms with Gasteiger partial charge in [0.1, 0.15) is 0 Å². The summed E-state index contributed by atoms with van der Waals surface area (Å²) in [7, 11) is 0. The molecule has 0 saturated heterocycles. The smallest absolute Gasteiger partial charge is 0.479 e. The van der Waals surface area contributed by atoms with Crippen LogP contribution in [0.25, 0.3) is 0 Å². The van der Waals surface area contributed by atoms with Crippen molar-refractivity contribution in [2.75, 3.05) is 0 Å². The SMILES string of the molecule is CC1=CC=C(C)[Si](Cl)(Cl)O1. The predicted octanol–water partition coefficient (Wildman–Crippen LogP) is 2.82. The van der Waals surface area contributed by atoms with E-state index in [0.717, 1.165) is 11.0 Å². The Labute approximate surface area is 70.8 Å². The van der Waals surface area contributed by atoms with Crippen LogP contribution in [0.1, 0.15) is 13.8 Å². The first kappa shape index (κ1) is 8.18. The third-order valence-electron chi connectivity index (χ3n) is 1.32. The molecule has 1 rings (SSSR count). The van der Waals surface area contributed by atoms with Crippen molar-refractivity contribution in [2.45, 2.75) is 13.8 Å². The molecular weight excluding hydrogens is 187 g/mol. The van der Waals surface area contributed by atoms with Crippen molar-refractivity contribution in [1.29, 1.82) is 0 Å². The molecule has 0 aromatic carbocycles. The van der Waals surface area contributed by atoms with Crippen LogP contribution in [-0.4, -0.2) is 6.94 Å². The standard InChI is InChI=1S/C6H8Cl2OSi/c1-5-3-4-6(2)10(7,8)9-5/h3-4H,1-2H3. The van der Waals surface area contributed by atoms with Gasteiger partial charge in [0.05, 0.1) is 5.76 Å². The van der Waals surface area contributed by atoms with Gasteiger partial charge in [0.15, 0.2) is 0 Å². The van der Waals surface area contributed by atoms with Gasteiger partial charge in [-0.2, -0.15) is 0 Å². The summed E-state index contributed by atoms with van der Waals surface area (Å²) in [4.78, 5) is 0. The molecule has 4 heteroatoms. The summed E-state index contributed by atoms with van der Waals surface area (Å²) in [6.07, 6.45) is 3.77. The fourth-order valence-corrected chi connectivity index (χ4v) is 2.67. The minimum Gasteiger partial charge on any atom is -0.519 e. The van der Waals surface area contributed by atoms with E-state index < -0.39 is 6.94 Å². The molecule has 0 aliphatic carbocycles. The van der Waals surface area contributed by atoms with E-state index in [4.69, 9.17) is 26.6 Å². The normalized spacial score (nSPS) is 22.8. The second-order valence-corrected chi connectivity index (χ2v) is 8.05. The van der Waals surface area contributed by atoms with Gasteiger partial charge in [-0.3, -0.25) is 0 Å². The zero-order valence-electron chi connectivity index (χ0n) is 5.82. The molecule has 10 heavy (non-hydrogen) atoms. The highest BCUT2D eigenvalue weighted by atomic mass is 35.7. The lowest BCUT2D eigenvalue weighted by Gasteiger charge is -2.22. The Bertz CT molecular complexity index is 208. The van der Waals surface area contributed by atoms with Crippen LogP contribution in [0.2, 0.25) is 0 Å². The minimum atomic E-state index is -2.52. The van der Waals surface area contributed by atoms with E-state index in [2.05, 4.69) is 0 Å². The van der Waals surface area contributed by atoms with Crippen molar-refractivity contribution in [1.82, 2.24) is 0 Å². The summed E-state index contributed by atoms with van der Waals surface area (Å²) >= 11 is 11.8. The Morgan fingerprint density at radius 3 is 2.30 bits per heavy atom. The lowest BCUT2D eigenvalue weighted by atomic mass is 10.4. The van der Waals surface area contributed by atoms with Gasteiger partial charge < -0.3 is 4.43 Å². The lowest BCUT2D eigenvalue weighted by Crippen LogP contribution is -2.27. The van der Waals surface area contributed by atoms with Crippen LogP contribution in [0.3, 0.4) is 0 Å². The van der Waals surface area contributed by atoms with Gasteiger partial charge in [0.2, 0.25) is 0 Å². The summed E-state index contributed by atoms with van der Waals surface area (Å²) in [5.74, 6) is 0.794. The molecule has 0 aromatic rings. The summed E-state index contributed by atoms with van der Waals surface area (Å²) in [5.41, 5.74) is 0. The van der Waals surface area contributed by atoms with Crippen LogP contribution in [-0.2, 0) is 4.43 Å². The number of halogens is 2. The van der Waals surface area contributed by atoms with Crippen LogP contribution in [0.4, 0.5) is 0 Å². The number of hydrogen-bond donors (Lipinski definition) is 0. The van der Waals surface area contributed by atoms with Crippen molar-refractivity contribution < 1.29 is 4.43 Å². The Morgan fingerprint density at radius 1 is 1.30 bits per heavy atom. The highest BCUT2D eigenvalue weighted by molar-refractivity contribution is 7.45. The van der Waals surface area contributed by atoms with Crippen LogP contribution >= 0.6 is 22.2 Å². The van der Waals surface area contributed by atoms with Crippen molar-refractivity contribution in [2.24, 2.45) is 0 Å². The first-order valence-corrected chi connectivity index (χ1v) is 6.88. The van der Waals surface area contributed by atoms with Crippen molar-refractivity contribution in [3.8, 4) is 0 Å². The van der Waals surface area contributed by atoms with E-state index in [9.17, 15) is 0 Å². The van der Waals surface area contributed by atoms with Gasteiger partial charge in [-0.15, -0.1) is 0 Å². The zero-order chi connectivity index (χ0) is 7.78. The molecule has 0 atom stereocenters. The summed E-state index contributed by atoms with van der Waals surface area (Å²) < 4.78 is 5.25. The fourth-order valence-electron chi connectivity index (χ4n) is 0.656. The van der Waals surface area contributed by atoms with Gasteiger partial charge in [-0.05, 0) is 25.1 Å². The van der Waals surface area contributed by atoms with Gasteiger partial charge in [0, 0.05) is 0 Å². The molecule has 0 unspecified atom stereocenters. The monoisotopic (exact) mass is 194 g/mol. The average molecular weight is 195 g/mol. The van der Waals surface area contributed by atoms with Gasteiger partial charge in [-0.1, -0.05) is 28.2 Å². The van der Waals surface area contributed by atoms with E-state index in [1.165, 1.54) is 0 Å². The Morgan fingerprint density at radius 2 is 1.90 bits per heavy atom. The van der Waals surface area contributed by atoms with E-state index in [-0.39, 0.29) is 0 Å². The van der Waals surface area contributed by atoms with Crippen molar-refractivity contribution in [3.05, 3.63) is 23.1 Å². The molecular formula is C6H8Cl2OSi. The van der Waals surface area contributed by atoms with Crippen LogP contribution in [0, 0.1) is 0 Å². The van der Waals surface area contributed by atoms with E-state index in [0.29, 0.717) is 0 Å². The molecule has 56 valence electrons. The van der Waals surface area contributed by atoms with Gasteiger partial charge >= 0.3 is 6.94 Å². The Hall–Kier alpha value is 0.0769. The molecule has 1 aliphatic rings. The molecule has 0 aromatic heterocycles. The summed E-state index contributed by atoms with van der Waals surface area (Å²) in [5, 5.41) is 0.946. The lowest BCUT2D eigenvalue weighted by molar-refractivity contribution is 0.444. The summed E-state index contributed by atoms with van der Waals surface area (Å²) in [6.45, 7) is 1.21. The number of rotatable bonds is 0. The molecule has 0 saturated carbocycles. The maximum Gasteiger partial charge on any atom is 0.479 e. The zero-order valence-corrected chi connectivity index (χ0v) is 8.33. The van der Waals surface area contributed by atoms with Gasteiger partial charge in [0.25, 0.3) is 0 Å². The van der Waals surface area contributed by atoms with Crippen molar-refractivity contribution in [3.63, 3.8) is 0 Å². The number of allylic oxidation sites excluding steroid dienone is 4. The number of hydrogen-bond acceptors (Lipinski definition) is 1. The Kier molecular flexibility index (Phi) is 2.13. The van der Waals surface area contributed by atoms with Crippen molar-refractivity contribution >= 4 is 29.1 Å². The van der Waals surface area contributed by atoms with E-state index in [1.54, 1.807) is 0 Å². The third-order valence-corrected chi connectivity index (χ3v) is 5.23. The molecule has 0 bridgehead atoms. The first-order valence-electron chi connectivity index (χ1n) is 2.95. The van der Waals surface area contributed by atoms with Crippen LogP contribution in [0.5, 0.6) is 0 Å². The van der Waals surface area contributed by atoms with Crippen LogP contribution in [0.15, 0.2) is 23.1 Å². The largest absolute Gasteiger partial charge is 0.519 e. The molecule has 1 nitrogen and oxygen atoms in total. The van der Waals surface area contributed by atoms with Gasteiger partial charge in [-0.25, -0.2) is 0 Å². The highest BCUT2D eigenvalue weighted by Crippen LogP contribution is 2.30. The topological polar surface area (TPSA) is 9.23 Å². The predicted molar refractivity (Wildman–Crippen MR) is 46.1 cm³/mol. The summed E-state index contributed by atoms with van der Waals surface area (Å²) in [6, 6.07) is 0. The van der Waals surface area contributed by atoms with E-state index >= 15 is 0 Å². The molecule has 0 amide bonds. The third kappa shape index (κ3) is 1.57. The fraction of sp³-hybridized carbons (Fsp3) is 0.333. The van der Waals surface area contributed by atoms with E-state index in [1.807, 2.05) is 26.0 Å². The Balaban J connectivity index is 2.89. The maximum atomic E-state index is 5.89. The maximum absolute atomic E-state index is 5.89. The molecule has 0 spiro atoms. The quantitative estimate of drug-likeness (QED) is 0.426. The second kappa shape index (κ2) is 2.60. The average Bonchev–Trinajstić information content (AvgIpc) is 1.78. The molecule has 0 N–H and O–H groups in total. The minimum absolute atomic E-state index is 0.794. The molecule has 1 heterocycles. The molecule has 0 radical (unpaired) electrons. The highest BCUT2D eigenvalue weighted by Gasteiger charge is 2.36. The molecule has 0 fully saturated rings.